The average molecular weight is 276 g/mol. The highest BCUT2D eigenvalue weighted by atomic mass is 16.6. The van der Waals surface area contributed by atoms with Crippen LogP contribution in [0.25, 0.3) is 0 Å². The maximum absolute atomic E-state index is 12.0. The predicted molar refractivity (Wildman–Crippen MR) is 68.8 cm³/mol. The lowest BCUT2D eigenvalue weighted by Crippen LogP contribution is -2.28. The molecule has 2 fully saturated rings. The van der Waals surface area contributed by atoms with E-state index in [9.17, 15) is 14.7 Å². The van der Waals surface area contributed by atoms with Crippen molar-refractivity contribution in [3.05, 3.63) is 35.9 Å². The number of carbonyl (C=O) groups is 2. The first-order valence-corrected chi connectivity index (χ1v) is 6.75. The van der Waals surface area contributed by atoms with Gasteiger partial charge in [-0.05, 0) is 12.1 Å². The van der Waals surface area contributed by atoms with Gasteiger partial charge in [0.2, 0.25) is 0 Å². The van der Waals surface area contributed by atoms with Gasteiger partial charge in [-0.2, -0.15) is 0 Å². The molecule has 5 heteroatoms. The first kappa shape index (κ1) is 13.1. The highest BCUT2D eigenvalue weighted by Crippen LogP contribution is 2.42. The summed E-state index contributed by atoms with van der Waals surface area (Å²) in [5, 5.41) is 9.50. The van der Waals surface area contributed by atoms with Crippen molar-refractivity contribution in [3.63, 3.8) is 0 Å². The van der Waals surface area contributed by atoms with E-state index in [2.05, 4.69) is 0 Å². The molecule has 5 nitrogen and oxygen atoms in total. The molecule has 0 bridgehead atoms. The number of carbonyl (C=O) groups excluding carboxylic acids is 2. The number of rotatable bonds is 3. The minimum absolute atomic E-state index is 0.0407. The van der Waals surface area contributed by atoms with E-state index in [1.807, 2.05) is 6.07 Å². The van der Waals surface area contributed by atoms with Gasteiger partial charge in [0.1, 0.15) is 12.2 Å². The SMILES string of the molecule is O=C1C[C@@H]2[C@H](CO)[C@H](OC(=O)c3ccccc3)C[C@@H]2O1. The van der Waals surface area contributed by atoms with E-state index in [1.165, 1.54) is 0 Å². The Morgan fingerprint density at radius 2 is 2.10 bits per heavy atom. The molecule has 1 saturated carbocycles. The van der Waals surface area contributed by atoms with Crippen molar-refractivity contribution in [2.45, 2.75) is 25.0 Å². The molecule has 1 heterocycles. The second-order valence-corrected chi connectivity index (χ2v) is 5.29. The smallest absolute Gasteiger partial charge is 0.338 e. The standard InChI is InChI=1S/C15H16O5/c16-8-11-10-6-14(17)19-12(10)7-13(11)20-15(18)9-4-2-1-3-5-9/h1-5,10-13,16H,6-8H2/t10-,11+,12+,13-/m1/s1. The highest BCUT2D eigenvalue weighted by Gasteiger charge is 2.51. The van der Waals surface area contributed by atoms with Gasteiger partial charge in [-0.25, -0.2) is 4.79 Å². The fourth-order valence-corrected chi connectivity index (χ4v) is 3.13. The summed E-state index contributed by atoms with van der Waals surface area (Å²) in [5.74, 6) is -0.896. The summed E-state index contributed by atoms with van der Waals surface area (Å²) in [6.07, 6.45) is 0.152. The van der Waals surface area contributed by atoms with Gasteiger partial charge in [0, 0.05) is 24.9 Å². The molecule has 2 aliphatic rings. The normalized spacial score (nSPS) is 31.8. The minimum atomic E-state index is -0.402. The topological polar surface area (TPSA) is 72.8 Å². The Morgan fingerprint density at radius 1 is 1.35 bits per heavy atom. The second-order valence-electron chi connectivity index (χ2n) is 5.29. The van der Waals surface area contributed by atoms with E-state index in [4.69, 9.17) is 9.47 Å². The van der Waals surface area contributed by atoms with E-state index >= 15 is 0 Å². The van der Waals surface area contributed by atoms with Crippen LogP contribution in [0.3, 0.4) is 0 Å². The van der Waals surface area contributed by atoms with Gasteiger partial charge in [0.25, 0.3) is 0 Å². The van der Waals surface area contributed by atoms with Crippen LogP contribution < -0.4 is 0 Å². The number of aliphatic hydroxyl groups is 1. The van der Waals surface area contributed by atoms with Crippen molar-refractivity contribution in [1.82, 2.24) is 0 Å². The Kier molecular flexibility index (Phi) is 3.44. The van der Waals surface area contributed by atoms with Crippen molar-refractivity contribution in [2.24, 2.45) is 11.8 Å². The maximum atomic E-state index is 12.0. The zero-order chi connectivity index (χ0) is 14.1. The molecule has 20 heavy (non-hydrogen) atoms. The molecule has 1 aromatic rings. The summed E-state index contributed by atoms with van der Waals surface area (Å²) < 4.78 is 10.7. The molecule has 1 aromatic carbocycles. The summed E-state index contributed by atoms with van der Waals surface area (Å²) in [4.78, 5) is 23.3. The predicted octanol–water partition coefficient (Wildman–Crippen LogP) is 1.16. The van der Waals surface area contributed by atoms with Crippen molar-refractivity contribution < 1.29 is 24.2 Å². The molecule has 1 aliphatic heterocycles. The first-order valence-electron chi connectivity index (χ1n) is 6.75. The summed E-state index contributed by atoms with van der Waals surface area (Å²) in [6, 6.07) is 8.74. The third-order valence-electron chi connectivity index (χ3n) is 4.13. The molecule has 4 atom stereocenters. The molecule has 0 spiro atoms. The van der Waals surface area contributed by atoms with Crippen molar-refractivity contribution >= 4 is 11.9 Å². The lowest BCUT2D eigenvalue weighted by Gasteiger charge is -2.20. The molecule has 1 saturated heterocycles. The van der Waals surface area contributed by atoms with Crippen LogP contribution in [0.2, 0.25) is 0 Å². The van der Waals surface area contributed by atoms with Crippen LogP contribution in [0.15, 0.2) is 30.3 Å². The van der Waals surface area contributed by atoms with Crippen LogP contribution in [0.4, 0.5) is 0 Å². The largest absolute Gasteiger partial charge is 0.462 e. The Hall–Kier alpha value is -1.88. The van der Waals surface area contributed by atoms with Gasteiger partial charge in [0.05, 0.1) is 12.0 Å². The van der Waals surface area contributed by atoms with E-state index in [-0.39, 0.29) is 30.5 Å². The molecule has 0 aromatic heterocycles. The van der Waals surface area contributed by atoms with Gasteiger partial charge in [0.15, 0.2) is 0 Å². The van der Waals surface area contributed by atoms with E-state index in [0.717, 1.165) is 0 Å². The summed E-state index contributed by atoms with van der Waals surface area (Å²) >= 11 is 0. The fraction of sp³-hybridized carbons (Fsp3) is 0.467. The highest BCUT2D eigenvalue weighted by molar-refractivity contribution is 5.89. The zero-order valence-corrected chi connectivity index (χ0v) is 10.9. The number of benzene rings is 1. The number of ether oxygens (including phenoxy) is 2. The number of aliphatic hydroxyl groups excluding tert-OH is 1. The molecule has 3 rings (SSSR count). The quantitative estimate of drug-likeness (QED) is 0.839. The van der Waals surface area contributed by atoms with Gasteiger partial charge < -0.3 is 14.6 Å². The fourth-order valence-electron chi connectivity index (χ4n) is 3.13. The molecular formula is C15H16O5. The van der Waals surface area contributed by atoms with Gasteiger partial charge >= 0.3 is 11.9 Å². The van der Waals surface area contributed by atoms with Crippen LogP contribution in [0.1, 0.15) is 23.2 Å². The number of esters is 2. The van der Waals surface area contributed by atoms with Crippen LogP contribution >= 0.6 is 0 Å². The maximum Gasteiger partial charge on any atom is 0.338 e. The third-order valence-corrected chi connectivity index (χ3v) is 4.13. The van der Waals surface area contributed by atoms with Crippen molar-refractivity contribution in [1.29, 1.82) is 0 Å². The van der Waals surface area contributed by atoms with Crippen LogP contribution in [0.5, 0.6) is 0 Å². The lowest BCUT2D eigenvalue weighted by atomic mass is 9.93. The zero-order valence-electron chi connectivity index (χ0n) is 10.9. The Bertz CT molecular complexity index is 512. The molecule has 1 aliphatic carbocycles. The number of hydrogen-bond acceptors (Lipinski definition) is 5. The lowest BCUT2D eigenvalue weighted by molar-refractivity contribution is -0.141. The Labute approximate surface area is 116 Å². The minimum Gasteiger partial charge on any atom is -0.462 e. The number of fused-ring (bicyclic) bond motifs is 1. The summed E-state index contributed by atoms with van der Waals surface area (Å²) in [7, 11) is 0. The van der Waals surface area contributed by atoms with E-state index in [0.29, 0.717) is 18.4 Å². The molecule has 0 unspecified atom stereocenters. The van der Waals surface area contributed by atoms with Gasteiger partial charge in [-0.1, -0.05) is 18.2 Å². The first-order chi connectivity index (χ1) is 9.69. The summed E-state index contributed by atoms with van der Waals surface area (Å²) in [6.45, 7) is -0.107. The monoisotopic (exact) mass is 276 g/mol. The average Bonchev–Trinajstić information content (AvgIpc) is 2.95. The molecular weight excluding hydrogens is 260 g/mol. The number of hydrogen-bond donors (Lipinski definition) is 1. The third kappa shape index (κ3) is 2.29. The molecule has 0 radical (unpaired) electrons. The molecule has 0 amide bonds. The van der Waals surface area contributed by atoms with Crippen molar-refractivity contribution in [2.75, 3.05) is 6.61 Å². The van der Waals surface area contributed by atoms with E-state index < -0.39 is 12.1 Å². The molecule has 1 N–H and O–H groups in total. The summed E-state index contributed by atoms with van der Waals surface area (Å²) in [5.41, 5.74) is 0.484. The van der Waals surface area contributed by atoms with Crippen LogP contribution in [0, 0.1) is 11.8 Å². The second kappa shape index (κ2) is 5.25. The molecule has 106 valence electrons. The van der Waals surface area contributed by atoms with Gasteiger partial charge in [-0.3, -0.25) is 4.79 Å². The van der Waals surface area contributed by atoms with Crippen LogP contribution in [-0.4, -0.2) is 35.9 Å². The Balaban J connectivity index is 1.69. The van der Waals surface area contributed by atoms with Crippen molar-refractivity contribution in [3.8, 4) is 0 Å². The van der Waals surface area contributed by atoms with Crippen LogP contribution in [-0.2, 0) is 14.3 Å². The van der Waals surface area contributed by atoms with E-state index in [1.54, 1.807) is 24.3 Å². The van der Waals surface area contributed by atoms with Gasteiger partial charge in [-0.15, -0.1) is 0 Å². The Morgan fingerprint density at radius 3 is 2.80 bits per heavy atom.